The fourth-order valence-corrected chi connectivity index (χ4v) is 2.77. The van der Waals surface area contributed by atoms with Crippen LogP contribution in [-0.2, 0) is 19.5 Å². The quantitative estimate of drug-likeness (QED) is 0.910. The molecule has 1 aromatic carbocycles. The fourth-order valence-electron chi connectivity index (χ4n) is 2.77. The third-order valence-corrected chi connectivity index (χ3v) is 4.04. The Morgan fingerprint density at radius 1 is 1.32 bits per heavy atom. The van der Waals surface area contributed by atoms with Gasteiger partial charge in [0.1, 0.15) is 0 Å². The molecule has 100 valence electrons. The molecule has 1 atom stereocenters. The Morgan fingerprint density at radius 3 is 3.00 bits per heavy atom. The van der Waals surface area contributed by atoms with Gasteiger partial charge in [0.15, 0.2) is 0 Å². The number of aryl methyl sites for hydroxylation is 1. The zero-order valence-corrected chi connectivity index (χ0v) is 11.5. The van der Waals surface area contributed by atoms with Crippen molar-refractivity contribution in [3.05, 3.63) is 53.6 Å². The maximum absolute atomic E-state index is 4.51. The summed E-state index contributed by atoms with van der Waals surface area (Å²) < 4.78 is 2.34. The van der Waals surface area contributed by atoms with E-state index < -0.39 is 0 Å². The minimum atomic E-state index is 0.598. The van der Waals surface area contributed by atoms with Gasteiger partial charge in [-0.15, -0.1) is 0 Å². The molecule has 0 spiro atoms. The summed E-state index contributed by atoms with van der Waals surface area (Å²) in [6, 6.07) is 10.8. The van der Waals surface area contributed by atoms with Gasteiger partial charge in [0.25, 0.3) is 0 Å². The van der Waals surface area contributed by atoms with Crippen LogP contribution in [0.25, 0.3) is 0 Å². The predicted octanol–water partition coefficient (Wildman–Crippen LogP) is 2.72. The molecule has 0 fully saturated rings. The molecule has 19 heavy (non-hydrogen) atoms. The van der Waals surface area contributed by atoms with E-state index in [9.17, 15) is 0 Å². The Morgan fingerprint density at radius 2 is 2.16 bits per heavy atom. The van der Waals surface area contributed by atoms with Gasteiger partial charge in [-0.05, 0) is 17.9 Å². The van der Waals surface area contributed by atoms with E-state index in [0.717, 1.165) is 26.1 Å². The molecule has 2 aromatic rings. The van der Waals surface area contributed by atoms with Crippen LogP contribution in [0.5, 0.6) is 0 Å². The number of benzene rings is 1. The molecule has 0 saturated carbocycles. The van der Waals surface area contributed by atoms with E-state index in [1.807, 2.05) is 6.33 Å². The molecule has 1 aliphatic rings. The van der Waals surface area contributed by atoms with Crippen LogP contribution in [0, 0.1) is 0 Å². The number of fused-ring (bicyclic) bond motifs is 1. The molecule has 0 radical (unpaired) electrons. The first-order valence-corrected chi connectivity index (χ1v) is 7.13. The summed E-state index contributed by atoms with van der Waals surface area (Å²) in [7, 11) is 0. The van der Waals surface area contributed by atoms with Crippen molar-refractivity contribution in [3.8, 4) is 0 Å². The minimum absolute atomic E-state index is 0.598. The standard InChI is InChI=1S/C16H21N3/c1-13(14-5-3-2-4-6-14)8-10-19-12-18-15-11-17-9-7-16(15)19/h2-6,12-13,17H,7-11H2,1H3. The SMILES string of the molecule is CC(CCn1cnc2c1CCNC2)c1ccccc1. The Bertz CT molecular complexity index is 530. The normalized spacial score (nSPS) is 16.1. The number of aromatic nitrogens is 2. The topological polar surface area (TPSA) is 29.9 Å². The van der Waals surface area contributed by atoms with E-state index in [4.69, 9.17) is 0 Å². The first-order valence-electron chi connectivity index (χ1n) is 7.13. The number of rotatable bonds is 4. The zero-order chi connectivity index (χ0) is 13.1. The first kappa shape index (κ1) is 12.4. The molecule has 1 unspecified atom stereocenters. The van der Waals surface area contributed by atoms with Crippen LogP contribution in [0.4, 0.5) is 0 Å². The Labute approximate surface area is 114 Å². The van der Waals surface area contributed by atoms with Crippen molar-refractivity contribution in [2.75, 3.05) is 6.54 Å². The third kappa shape index (κ3) is 2.71. The highest BCUT2D eigenvalue weighted by atomic mass is 15.1. The number of imidazole rings is 1. The van der Waals surface area contributed by atoms with Crippen molar-refractivity contribution in [3.63, 3.8) is 0 Å². The molecule has 1 N–H and O–H groups in total. The monoisotopic (exact) mass is 255 g/mol. The van der Waals surface area contributed by atoms with Crippen molar-refractivity contribution >= 4 is 0 Å². The van der Waals surface area contributed by atoms with Crippen molar-refractivity contribution in [1.29, 1.82) is 0 Å². The molecule has 0 saturated heterocycles. The highest BCUT2D eigenvalue weighted by Crippen LogP contribution is 2.20. The van der Waals surface area contributed by atoms with Crippen LogP contribution in [0.3, 0.4) is 0 Å². The second-order valence-electron chi connectivity index (χ2n) is 5.36. The molecule has 0 bridgehead atoms. The molecular formula is C16H21N3. The first-order chi connectivity index (χ1) is 9.34. The molecule has 3 nitrogen and oxygen atoms in total. The Kier molecular flexibility index (Phi) is 3.65. The van der Waals surface area contributed by atoms with Crippen molar-refractivity contribution < 1.29 is 0 Å². The lowest BCUT2D eigenvalue weighted by molar-refractivity contribution is 0.540. The second kappa shape index (κ2) is 5.57. The summed E-state index contributed by atoms with van der Waals surface area (Å²) in [4.78, 5) is 4.51. The van der Waals surface area contributed by atoms with Crippen LogP contribution < -0.4 is 5.32 Å². The van der Waals surface area contributed by atoms with Gasteiger partial charge < -0.3 is 9.88 Å². The van der Waals surface area contributed by atoms with Crippen LogP contribution in [0.15, 0.2) is 36.7 Å². The average molecular weight is 255 g/mol. The van der Waals surface area contributed by atoms with Crippen molar-refractivity contribution in [1.82, 2.24) is 14.9 Å². The number of nitrogens with one attached hydrogen (secondary N) is 1. The van der Waals surface area contributed by atoms with Gasteiger partial charge in [-0.3, -0.25) is 0 Å². The highest BCUT2D eigenvalue weighted by Gasteiger charge is 2.15. The molecular weight excluding hydrogens is 234 g/mol. The molecule has 1 aliphatic heterocycles. The van der Waals surface area contributed by atoms with E-state index >= 15 is 0 Å². The van der Waals surface area contributed by atoms with E-state index in [1.54, 1.807) is 0 Å². The van der Waals surface area contributed by atoms with Gasteiger partial charge in [-0.25, -0.2) is 4.98 Å². The van der Waals surface area contributed by atoms with E-state index in [1.165, 1.54) is 23.4 Å². The van der Waals surface area contributed by atoms with E-state index in [-0.39, 0.29) is 0 Å². The number of hydrogen-bond acceptors (Lipinski definition) is 2. The van der Waals surface area contributed by atoms with Gasteiger partial charge in [0.2, 0.25) is 0 Å². The molecule has 0 aliphatic carbocycles. The van der Waals surface area contributed by atoms with Gasteiger partial charge in [-0.2, -0.15) is 0 Å². The maximum Gasteiger partial charge on any atom is 0.0952 e. The summed E-state index contributed by atoms with van der Waals surface area (Å²) in [5.41, 5.74) is 4.09. The van der Waals surface area contributed by atoms with E-state index in [2.05, 4.69) is 52.1 Å². The Balaban J connectivity index is 1.65. The zero-order valence-electron chi connectivity index (χ0n) is 11.5. The number of hydrogen-bond donors (Lipinski definition) is 1. The predicted molar refractivity (Wildman–Crippen MR) is 77.1 cm³/mol. The summed E-state index contributed by atoms with van der Waals surface area (Å²) in [6.07, 6.45) is 4.28. The van der Waals surface area contributed by atoms with Crippen molar-refractivity contribution in [2.24, 2.45) is 0 Å². The van der Waals surface area contributed by atoms with Gasteiger partial charge in [0.05, 0.1) is 12.0 Å². The van der Waals surface area contributed by atoms with Gasteiger partial charge in [-0.1, -0.05) is 37.3 Å². The lowest BCUT2D eigenvalue weighted by atomic mass is 9.98. The fraction of sp³-hybridized carbons (Fsp3) is 0.438. The van der Waals surface area contributed by atoms with Gasteiger partial charge in [0, 0.05) is 31.7 Å². The Hall–Kier alpha value is -1.61. The van der Waals surface area contributed by atoms with Crippen LogP contribution in [0.1, 0.15) is 36.2 Å². The second-order valence-corrected chi connectivity index (χ2v) is 5.36. The molecule has 2 heterocycles. The largest absolute Gasteiger partial charge is 0.334 e. The summed E-state index contributed by atoms with van der Waals surface area (Å²) >= 11 is 0. The molecule has 3 rings (SSSR count). The van der Waals surface area contributed by atoms with Crippen LogP contribution in [0.2, 0.25) is 0 Å². The molecule has 3 heteroatoms. The molecule has 1 aromatic heterocycles. The van der Waals surface area contributed by atoms with Gasteiger partial charge >= 0.3 is 0 Å². The summed E-state index contributed by atoms with van der Waals surface area (Å²) in [5.74, 6) is 0.598. The van der Waals surface area contributed by atoms with Crippen LogP contribution >= 0.6 is 0 Å². The molecule has 0 amide bonds. The maximum atomic E-state index is 4.51. The minimum Gasteiger partial charge on any atom is -0.334 e. The summed E-state index contributed by atoms with van der Waals surface area (Å²) in [5, 5.41) is 3.37. The lowest BCUT2D eigenvalue weighted by Crippen LogP contribution is -2.25. The van der Waals surface area contributed by atoms with Crippen molar-refractivity contribution in [2.45, 2.75) is 38.8 Å². The average Bonchev–Trinajstić information content (AvgIpc) is 2.89. The summed E-state index contributed by atoms with van der Waals surface area (Å²) in [6.45, 7) is 5.38. The van der Waals surface area contributed by atoms with E-state index in [0.29, 0.717) is 5.92 Å². The smallest absolute Gasteiger partial charge is 0.0952 e. The third-order valence-electron chi connectivity index (χ3n) is 4.04. The van der Waals surface area contributed by atoms with Crippen LogP contribution in [-0.4, -0.2) is 16.1 Å². The lowest BCUT2D eigenvalue weighted by Gasteiger charge is -2.17. The highest BCUT2D eigenvalue weighted by molar-refractivity contribution is 5.19. The number of nitrogens with zero attached hydrogens (tertiary/aromatic N) is 2.